The van der Waals surface area contributed by atoms with E-state index < -0.39 is 0 Å². The number of amides is 2. The Morgan fingerprint density at radius 2 is 2.05 bits per heavy atom. The molecule has 5 nitrogen and oxygen atoms in total. The Labute approximate surface area is 124 Å². The van der Waals surface area contributed by atoms with Gasteiger partial charge in [-0.1, -0.05) is 18.2 Å². The fourth-order valence-corrected chi connectivity index (χ4v) is 1.93. The molecule has 0 saturated carbocycles. The summed E-state index contributed by atoms with van der Waals surface area (Å²) >= 11 is 0. The van der Waals surface area contributed by atoms with Gasteiger partial charge in [0.25, 0.3) is 0 Å². The third kappa shape index (κ3) is 4.14. The molecule has 4 N–H and O–H groups in total. The summed E-state index contributed by atoms with van der Waals surface area (Å²) in [5.74, 6) is 0.762. The molecule has 0 spiro atoms. The topological polar surface area (TPSA) is 76.4 Å². The van der Waals surface area contributed by atoms with Gasteiger partial charge in [-0.2, -0.15) is 0 Å². The number of aryl methyl sites for hydroxylation is 1. The van der Waals surface area contributed by atoms with Crippen LogP contribution in [0.2, 0.25) is 0 Å². The minimum atomic E-state index is -0.298. The van der Waals surface area contributed by atoms with Gasteiger partial charge in [-0.3, -0.25) is 0 Å². The van der Waals surface area contributed by atoms with Crippen LogP contribution in [0.25, 0.3) is 0 Å². The van der Waals surface area contributed by atoms with E-state index in [2.05, 4.69) is 10.6 Å². The van der Waals surface area contributed by atoms with Gasteiger partial charge in [0.2, 0.25) is 0 Å². The van der Waals surface area contributed by atoms with Crippen LogP contribution in [0, 0.1) is 6.92 Å². The number of methoxy groups -OCH3 is 1. The summed E-state index contributed by atoms with van der Waals surface area (Å²) in [6.07, 6.45) is 0. The summed E-state index contributed by atoms with van der Waals surface area (Å²) in [7, 11) is 1.61. The number of nitrogens with two attached hydrogens (primary N) is 1. The lowest BCUT2D eigenvalue weighted by Gasteiger charge is -2.10. The van der Waals surface area contributed by atoms with E-state index in [0.717, 1.165) is 16.9 Å². The van der Waals surface area contributed by atoms with Crippen LogP contribution in [-0.2, 0) is 6.54 Å². The van der Waals surface area contributed by atoms with Gasteiger partial charge in [0.1, 0.15) is 5.75 Å². The standard InChI is InChI=1S/C16H19N3O2/c1-11-6-7-15(14(17)8-11)19-16(20)18-10-12-4-3-5-13(9-12)21-2/h3-9H,10,17H2,1-2H3,(H2,18,19,20). The van der Waals surface area contributed by atoms with Crippen LogP contribution in [0.3, 0.4) is 0 Å². The van der Waals surface area contributed by atoms with Crippen LogP contribution in [0.5, 0.6) is 5.75 Å². The molecule has 0 aliphatic carbocycles. The summed E-state index contributed by atoms with van der Waals surface area (Å²) in [6, 6.07) is 12.7. The zero-order valence-electron chi connectivity index (χ0n) is 12.1. The molecule has 0 heterocycles. The van der Waals surface area contributed by atoms with E-state index in [1.807, 2.05) is 43.3 Å². The number of benzene rings is 2. The summed E-state index contributed by atoms with van der Waals surface area (Å²) in [5, 5.41) is 5.51. The molecular weight excluding hydrogens is 266 g/mol. The van der Waals surface area contributed by atoms with Crippen molar-refractivity contribution in [3.05, 3.63) is 53.6 Å². The fraction of sp³-hybridized carbons (Fsp3) is 0.188. The Bertz CT molecular complexity index is 641. The second kappa shape index (κ2) is 6.65. The van der Waals surface area contributed by atoms with Crippen molar-refractivity contribution in [1.82, 2.24) is 5.32 Å². The highest BCUT2D eigenvalue weighted by molar-refractivity contribution is 5.92. The van der Waals surface area contributed by atoms with Gasteiger partial charge < -0.3 is 21.1 Å². The van der Waals surface area contributed by atoms with Crippen molar-refractivity contribution in [2.75, 3.05) is 18.2 Å². The van der Waals surface area contributed by atoms with Gasteiger partial charge in [0.05, 0.1) is 18.5 Å². The largest absolute Gasteiger partial charge is 0.497 e. The lowest BCUT2D eigenvalue weighted by Crippen LogP contribution is -2.28. The number of carbonyl (C=O) groups excluding carboxylic acids is 1. The number of carbonyl (C=O) groups is 1. The minimum absolute atomic E-state index is 0.298. The predicted octanol–water partition coefficient (Wildman–Crippen LogP) is 2.91. The molecule has 2 amide bonds. The summed E-state index contributed by atoms with van der Waals surface area (Å²) < 4.78 is 5.14. The molecule has 0 saturated heterocycles. The Morgan fingerprint density at radius 1 is 1.24 bits per heavy atom. The van der Waals surface area contributed by atoms with Gasteiger partial charge in [0, 0.05) is 6.54 Å². The average Bonchev–Trinajstić information content (AvgIpc) is 2.48. The van der Waals surface area contributed by atoms with Crippen molar-refractivity contribution in [3.63, 3.8) is 0 Å². The van der Waals surface area contributed by atoms with Crippen molar-refractivity contribution >= 4 is 17.4 Å². The zero-order valence-corrected chi connectivity index (χ0v) is 12.1. The monoisotopic (exact) mass is 285 g/mol. The normalized spacial score (nSPS) is 10.0. The van der Waals surface area contributed by atoms with Crippen LogP contribution in [0.4, 0.5) is 16.2 Å². The maximum absolute atomic E-state index is 11.9. The van der Waals surface area contributed by atoms with E-state index in [1.54, 1.807) is 13.2 Å². The number of urea groups is 1. The third-order valence-corrected chi connectivity index (χ3v) is 3.04. The van der Waals surface area contributed by atoms with Crippen LogP contribution >= 0.6 is 0 Å². The first kappa shape index (κ1) is 14.7. The number of nitrogens with one attached hydrogen (secondary N) is 2. The van der Waals surface area contributed by atoms with Gasteiger partial charge >= 0.3 is 6.03 Å². The first-order valence-corrected chi connectivity index (χ1v) is 6.62. The van der Waals surface area contributed by atoms with E-state index in [0.29, 0.717) is 17.9 Å². The fourth-order valence-electron chi connectivity index (χ4n) is 1.93. The van der Waals surface area contributed by atoms with Crippen molar-refractivity contribution in [2.24, 2.45) is 0 Å². The smallest absolute Gasteiger partial charge is 0.319 e. The molecule has 0 bridgehead atoms. The van der Waals surface area contributed by atoms with E-state index in [-0.39, 0.29) is 6.03 Å². The van der Waals surface area contributed by atoms with E-state index in [9.17, 15) is 4.79 Å². The molecule has 2 rings (SSSR count). The van der Waals surface area contributed by atoms with Gasteiger partial charge in [-0.05, 0) is 42.3 Å². The zero-order chi connectivity index (χ0) is 15.2. The Morgan fingerprint density at radius 3 is 2.76 bits per heavy atom. The van der Waals surface area contributed by atoms with Crippen LogP contribution in [0.15, 0.2) is 42.5 Å². The van der Waals surface area contributed by atoms with Gasteiger partial charge in [0.15, 0.2) is 0 Å². The summed E-state index contributed by atoms with van der Waals surface area (Å²) in [6.45, 7) is 2.36. The molecule has 110 valence electrons. The Kier molecular flexibility index (Phi) is 4.66. The second-order valence-electron chi connectivity index (χ2n) is 4.75. The average molecular weight is 285 g/mol. The quantitative estimate of drug-likeness (QED) is 0.756. The SMILES string of the molecule is COc1cccc(CNC(=O)Nc2ccc(C)cc2N)c1. The summed E-state index contributed by atoms with van der Waals surface area (Å²) in [5.41, 5.74) is 9.01. The molecule has 2 aromatic carbocycles. The van der Waals surface area contributed by atoms with E-state index >= 15 is 0 Å². The maximum atomic E-state index is 11.9. The predicted molar refractivity (Wildman–Crippen MR) is 84.4 cm³/mol. The molecule has 5 heteroatoms. The minimum Gasteiger partial charge on any atom is -0.497 e. The number of anilines is 2. The number of hydrogen-bond donors (Lipinski definition) is 3. The molecule has 0 aliphatic rings. The molecule has 21 heavy (non-hydrogen) atoms. The molecule has 0 radical (unpaired) electrons. The molecule has 0 atom stereocenters. The first-order chi connectivity index (χ1) is 10.1. The highest BCUT2D eigenvalue weighted by atomic mass is 16.5. The molecule has 0 aromatic heterocycles. The number of nitrogen functional groups attached to an aromatic ring is 1. The van der Waals surface area contributed by atoms with E-state index in [4.69, 9.17) is 10.5 Å². The lowest BCUT2D eigenvalue weighted by molar-refractivity contribution is 0.251. The van der Waals surface area contributed by atoms with Crippen molar-refractivity contribution in [3.8, 4) is 5.75 Å². The lowest BCUT2D eigenvalue weighted by atomic mass is 10.2. The van der Waals surface area contributed by atoms with Crippen molar-refractivity contribution in [1.29, 1.82) is 0 Å². The van der Waals surface area contributed by atoms with Crippen molar-refractivity contribution < 1.29 is 9.53 Å². The van der Waals surface area contributed by atoms with Crippen LogP contribution in [0.1, 0.15) is 11.1 Å². The van der Waals surface area contributed by atoms with Gasteiger partial charge in [-0.25, -0.2) is 4.79 Å². The van der Waals surface area contributed by atoms with E-state index in [1.165, 1.54) is 0 Å². The van der Waals surface area contributed by atoms with Crippen LogP contribution in [-0.4, -0.2) is 13.1 Å². The number of hydrogen-bond acceptors (Lipinski definition) is 3. The molecular formula is C16H19N3O2. The number of rotatable bonds is 4. The second-order valence-corrected chi connectivity index (χ2v) is 4.75. The van der Waals surface area contributed by atoms with Crippen LogP contribution < -0.4 is 21.1 Å². The Balaban J connectivity index is 1.92. The summed E-state index contributed by atoms with van der Waals surface area (Å²) in [4.78, 5) is 11.9. The molecule has 0 aliphatic heterocycles. The molecule has 0 fully saturated rings. The third-order valence-electron chi connectivity index (χ3n) is 3.04. The molecule has 0 unspecified atom stereocenters. The first-order valence-electron chi connectivity index (χ1n) is 6.62. The highest BCUT2D eigenvalue weighted by Crippen LogP contribution is 2.19. The Hall–Kier alpha value is -2.69. The van der Waals surface area contributed by atoms with Crippen molar-refractivity contribution in [2.45, 2.75) is 13.5 Å². The number of ether oxygens (including phenoxy) is 1. The highest BCUT2D eigenvalue weighted by Gasteiger charge is 2.05. The van der Waals surface area contributed by atoms with Gasteiger partial charge in [-0.15, -0.1) is 0 Å². The molecule has 2 aromatic rings. The maximum Gasteiger partial charge on any atom is 0.319 e.